The highest BCUT2D eigenvalue weighted by atomic mass is 32.1. The number of carbonyl (C=O) groups excluding carboxylic acids is 1. The van der Waals surface area contributed by atoms with Crippen LogP contribution >= 0.6 is 23.6 Å². The molecule has 0 unspecified atom stereocenters. The predicted molar refractivity (Wildman–Crippen MR) is 87.3 cm³/mol. The van der Waals surface area contributed by atoms with E-state index in [4.69, 9.17) is 12.2 Å². The Morgan fingerprint density at radius 3 is 3.00 bits per heavy atom. The lowest BCUT2D eigenvalue weighted by Crippen LogP contribution is -2.18. The van der Waals surface area contributed by atoms with Gasteiger partial charge in [0.25, 0.3) is 0 Å². The SMILES string of the molecule is CC(=O)Nn1c(O)c(C=C2C=Nc3ccccc32)sc1=S. The first-order chi connectivity index (χ1) is 10.1. The molecule has 1 aliphatic heterocycles. The monoisotopic (exact) mass is 317 g/mol. The Labute approximate surface area is 129 Å². The van der Waals surface area contributed by atoms with Gasteiger partial charge in [-0.3, -0.25) is 15.2 Å². The van der Waals surface area contributed by atoms with Crippen LogP contribution in [0.3, 0.4) is 0 Å². The number of carbonyl (C=O) groups is 1. The first-order valence-electron chi connectivity index (χ1n) is 6.14. The van der Waals surface area contributed by atoms with Crippen LogP contribution < -0.4 is 5.43 Å². The van der Waals surface area contributed by atoms with E-state index in [1.54, 1.807) is 6.21 Å². The quantitative estimate of drug-likeness (QED) is 0.835. The molecule has 0 fully saturated rings. The fraction of sp³-hybridized carbons (Fsp3) is 0.0714. The van der Waals surface area contributed by atoms with Crippen LogP contribution in [-0.4, -0.2) is 21.9 Å². The van der Waals surface area contributed by atoms with Crippen molar-refractivity contribution in [3.63, 3.8) is 0 Å². The molecule has 2 N–H and O–H groups in total. The highest BCUT2D eigenvalue weighted by molar-refractivity contribution is 7.73. The van der Waals surface area contributed by atoms with Crippen molar-refractivity contribution in [2.75, 3.05) is 5.43 Å². The molecule has 106 valence electrons. The van der Waals surface area contributed by atoms with E-state index >= 15 is 0 Å². The van der Waals surface area contributed by atoms with Gasteiger partial charge in [0, 0.05) is 24.3 Å². The second-order valence-electron chi connectivity index (χ2n) is 4.43. The number of hydrogen-bond acceptors (Lipinski definition) is 5. The number of fused-ring (bicyclic) bond motifs is 1. The summed E-state index contributed by atoms with van der Waals surface area (Å²) in [5, 5.41) is 10.2. The molecule has 1 aliphatic rings. The van der Waals surface area contributed by atoms with Crippen LogP contribution in [0, 0.1) is 3.95 Å². The van der Waals surface area contributed by atoms with Crippen LogP contribution in [0.15, 0.2) is 29.3 Å². The van der Waals surface area contributed by atoms with Gasteiger partial charge in [-0.25, -0.2) is 0 Å². The van der Waals surface area contributed by atoms with E-state index in [1.807, 2.05) is 30.3 Å². The third-order valence-electron chi connectivity index (χ3n) is 2.93. The summed E-state index contributed by atoms with van der Waals surface area (Å²) in [6.45, 7) is 1.36. The minimum atomic E-state index is -0.300. The maximum absolute atomic E-state index is 11.1. The highest BCUT2D eigenvalue weighted by Gasteiger charge is 2.15. The smallest absolute Gasteiger partial charge is 0.235 e. The van der Waals surface area contributed by atoms with E-state index in [2.05, 4.69) is 10.4 Å². The number of para-hydroxylation sites is 1. The van der Waals surface area contributed by atoms with Crippen LogP contribution in [0.2, 0.25) is 0 Å². The Morgan fingerprint density at radius 2 is 2.24 bits per heavy atom. The summed E-state index contributed by atoms with van der Waals surface area (Å²) in [7, 11) is 0. The zero-order chi connectivity index (χ0) is 15.0. The lowest BCUT2D eigenvalue weighted by Gasteiger charge is -2.03. The summed E-state index contributed by atoms with van der Waals surface area (Å²) in [5.41, 5.74) is 5.27. The molecule has 0 saturated heterocycles. The molecule has 0 aliphatic carbocycles. The van der Waals surface area contributed by atoms with Crippen LogP contribution in [0.5, 0.6) is 5.88 Å². The van der Waals surface area contributed by atoms with Crippen LogP contribution in [0.4, 0.5) is 5.69 Å². The van der Waals surface area contributed by atoms with Gasteiger partial charge in [-0.15, -0.1) is 0 Å². The molecule has 0 radical (unpaired) electrons. The summed E-state index contributed by atoms with van der Waals surface area (Å²) >= 11 is 6.36. The third-order valence-corrected chi connectivity index (χ3v) is 4.24. The second kappa shape index (κ2) is 5.27. The molecule has 5 nitrogen and oxygen atoms in total. The Kier molecular flexibility index (Phi) is 3.44. The van der Waals surface area contributed by atoms with Gasteiger partial charge in [0.1, 0.15) is 0 Å². The van der Waals surface area contributed by atoms with Gasteiger partial charge in [0.05, 0.1) is 10.6 Å². The summed E-state index contributed by atoms with van der Waals surface area (Å²) in [5.74, 6) is -0.378. The van der Waals surface area contributed by atoms with E-state index in [0.717, 1.165) is 16.8 Å². The highest BCUT2D eigenvalue weighted by Crippen LogP contribution is 2.35. The van der Waals surface area contributed by atoms with Crippen molar-refractivity contribution in [1.29, 1.82) is 0 Å². The van der Waals surface area contributed by atoms with Crippen LogP contribution in [-0.2, 0) is 4.79 Å². The third kappa shape index (κ3) is 2.53. The summed E-state index contributed by atoms with van der Waals surface area (Å²) in [6, 6.07) is 7.76. The average Bonchev–Trinajstić information content (AvgIpc) is 2.96. The molecule has 0 spiro atoms. The predicted octanol–water partition coefficient (Wildman–Crippen LogP) is 3.33. The maximum Gasteiger partial charge on any atom is 0.235 e. The van der Waals surface area contributed by atoms with E-state index in [9.17, 15) is 9.90 Å². The van der Waals surface area contributed by atoms with Crippen molar-refractivity contribution in [1.82, 2.24) is 4.68 Å². The maximum atomic E-state index is 11.1. The number of aromatic nitrogens is 1. The molecule has 1 aromatic carbocycles. The van der Waals surface area contributed by atoms with E-state index in [-0.39, 0.29) is 11.8 Å². The van der Waals surface area contributed by atoms with Crippen molar-refractivity contribution < 1.29 is 9.90 Å². The van der Waals surface area contributed by atoms with Gasteiger partial charge in [-0.05, 0) is 24.4 Å². The lowest BCUT2D eigenvalue weighted by atomic mass is 10.1. The topological polar surface area (TPSA) is 66.6 Å². The van der Waals surface area contributed by atoms with Crippen molar-refractivity contribution in [2.24, 2.45) is 4.99 Å². The number of allylic oxidation sites excluding steroid dienone is 1. The van der Waals surface area contributed by atoms with Gasteiger partial charge >= 0.3 is 0 Å². The molecule has 21 heavy (non-hydrogen) atoms. The Bertz CT molecular complexity index is 846. The molecule has 0 atom stereocenters. The van der Waals surface area contributed by atoms with Gasteiger partial charge in [-0.1, -0.05) is 29.5 Å². The standard InChI is InChI=1S/C14H11N3O2S2/c1-8(18)16-17-13(19)12(21-14(17)20)6-9-7-15-11-5-3-2-4-10(9)11/h2-7,19H,1H3,(H,16,18). The number of aromatic hydroxyl groups is 1. The van der Waals surface area contributed by atoms with E-state index in [1.165, 1.54) is 22.9 Å². The Hall–Kier alpha value is -2.25. The molecule has 1 aromatic heterocycles. The fourth-order valence-corrected chi connectivity index (χ4v) is 3.21. The van der Waals surface area contributed by atoms with Crippen LogP contribution in [0.25, 0.3) is 11.6 Å². The normalized spacial score (nSPS) is 14.4. The zero-order valence-electron chi connectivity index (χ0n) is 11.0. The summed E-state index contributed by atoms with van der Waals surface area (Å²) < 4.78 is 1.57. The molecule has 0 bridgehead atoms. The largest absolute Gasteiger partial charge is 0.492 e. The second-order valence-corrected chi connectivity index (χ2v) is 6.11. The summed E-state index contributed by atoms with van der Waals surface area (Å²) in [6.07, 6.45) is 3.55. The van der Waals surface area contributed by atoms with E-state index in [0.29, 0.717) is 8.83 Å². The molecule has 2 aromatic rings. The minimum absolute atomic E-state index is 0.0783. The molecule has 3 rings (SSSR count). The number of thiazole rings is 1. The average molecular weight is 317 g/mol. The van der Waals surface area contributed by atoms with Crippen LogP contribution in [0.1, 0.15) is 17.4 Å². The van der Waals surface area contributed by atoms with E-state index < -0.39 is 0 Å². The first kappa shape index (κ1) is 13.7. The minimum Gasteiger partial charge on any atom is -0.492 e. The van der Waals surface area contributed by atoms with Gasteiger partial charge < -0.3 is 5.11 Å². The van der Waals surface area contributed by atoms with Crippen molar-refractivity contribution in [3.8, 4) is 5.88 Å². The number of benzene rings is 1. The summed E-state index contributed by atoms with van der Waals surface area (Å²) in [4.78, 5) is 16.0. The number of aliphatic imine (C=N–C) groups is 1. The number of nitrogens with one attached hydrogen (secondary N) is 1. The molecular formula is C14H11N3O2S2. The number of nitrogens with zero attached hydrogens (tertiary/aromatic N) is 2. The Morgan fingerprint density at radius 1 is 1.48 bits per heavy atom. The number of hydrogen-bond donors (Lipinski definition) is 2. The fourth-order valence-electron chi connectivity index (χ4n) is 2.03. The number of amides is 1. The van der Waals surface area contributed by atoms with Gasteiger partial charge in [0.2, 0.25) is 11.8 Å². The van der Waals surface area contributed by atoms with Gasteiger partial charge in [0.15, 0.2) is 3.95 Å². The number of rotatable bonds is 2. The van der Waals surface area contributed by atoms with Crippen molar-refractivity contribution in [2.45, 2.75) is 6.92 Å². The zero-order valence-corrected chi connectivity index (χ0v) is 12.7. The molecule has 1 amide bonds. The molecule has 2 heterocycles. The molecular weight excluding hydrogens is 306 g/mol. The molecule has 0 saturated carbocycles. The van der Waals surface area contributed by atoms with Crippen molar-refractivity contribution in [3.05, 3.63) is 38.7 Å². The van der Waals surface area contributed by atoms with Gasteiger partial charge in [-0.2, -0.15) is 4.68 Å². The first-order valence-corrected chi connectivity index (χ1v) is 7.36. The van der Waals surface area contributed by atoms with Crippen molar-refractivity contribution >= 4 is 53.0 Å². The molecule has 7 heteroatoms. The Balaban J connectivity index is 2.04. The lowest BCUT2D eigenvalue weighted by molar-refractivity contribution is -0.115.